The number of sulfonamides is 1. The molecule has 3 fully saturated rings. The first kappa shape index (κ1) is 23.1. The van der Waals surface area contributed by atoms with Crippen molar-refractivity contribution in [3.05, 3.63) is 29.8 Å². The average Bonchev–Trinajstić information content (AvgIpc) is 3.38. The van der Waals surface area contributed by atoms with Gasteiger partial charge in [0.1, 0.15) is 11.0 Å². The van der Waals surface area contributed by atoms with Gasteiger partial charge in [-0.1, -0.05) is 18.2 Å². The Hall–Kier alpha value is -1.68. The molecule has 2 bridgehead atoms. The van der Waals surface area contributed by atoms with E-state index in [-0.39, 0.29) is 37.3 Å². The molecule has 4 heterocycles. The lowest BCUT2D eigenvalue weighted by Crippen LogP contribution is -2.60. The maximum absolute atomic E-state index is 13.3. The monoisotopic (exact) mass is 478 g/mol. The standard InChI is InChI=1S/C24H34N2O6S/c27-24-16-32-23-6-2-1-4-20(23)17-7-9-18(10-8-17)31-15-22-21(5-3-12-26(22)24)25-33(28,29)19-11-13-30-14-19/h1-2,4,6,17-19,21-22,25H,3,5,7-16H2/t17?,18?,19?,21?,22-/m0/s1. The SMILES string of the molecule is O=C1COc2ccccc2C2CCC(CC2)OC[C@H]2C(NS(=O)(=O)C3CCOC3)CCCN12. The van der Waals surface area contributed by atoms with Gasteiger partial charge in [0.05, 0.1) is 25.4 Å². The van der Waals surface area contributed by atoms with Gasteiger partial charge < -0.3 is 19.1 Å². The van der Waals surface area contributed by atoms with E-state index >= 15 is 0 Å². The molecule has 6 rings (SSSR count). The Labute approximate surface area is 196 Å². The zero-order valence-electron chi connectivity index (χ0n) is 19.0. The summed E-state index contributed by atoms with van der Waals surface area (Å²) in [5.74, 6) is 1.06. The molecule has 2 unspecified atom stereocenters. The number of hydrogen-bond acceptors (Lipinski definition) is 6. The molecule has 1 aromatic rings. The number of nitrogens with one attached hydrogen (secondary N) is 1. The van der Waals surface area contributed by atoms with Crippen LogP contribution in [0.1, 0.15) is 56.4 Å². The summed E-state index contributed by atoms with van der Waals surface area (Å²) < 4.78 is 46.5. The van der Waals surface area contributed by atoms with Crippen LogP contribution in [0.2, 0.25) is 0 Å². The van der Waals surface area contributed by atoms with Crippen LogP contribution in [-0.4, -0.2) is 75.6 Å². The average molecular weight is 479 g/mol. The van der Waals surface area contributed by atoms with Crippen LogP contribution < -0.4 is 9.46 Å². The van der Waals surface area contributed by atoms with Crippen molar-refractivity contribution in [3.8, 4) is 5.75 Å². The Balaban J connectivity index is 1.38. The fourth-order valence-electron chi connectivity index (χ4n) is 5.72. The zero-order valence-corrected chi connectivity index (χ0v) is 19.8. The van der Waals surface area contributed by atoms with Crippen molar-refractivity contribution in [1.82, 2.24) is 9.62 Å². The summed E-state index contributed by atoms with van der Waals surface area (Å²) in [6.45, 7) is 1.55. The number of carbonyl (C=O) groups is 1. The second-order valence-corrected chi connectivity index (χ2v) is 11.7. The van der Waals surface area contributed by atoms with E-state index in [2.05, 4.69) is 10.8 Å². The molecule has 0 radical (unpaired) electrons. The number of piperidine rings is 1. The maximum Gasteiger partial charge on any atom is 0.260 e. The van der Waals surface area contributed by atoms with Gasteiger partial charge in [-0.15, -0.1) is 0 Å². The molecule has 1 amide bonds. The molecule has 3 atom stereocenters. The van der Waals surface area contributed by atoms with E-state index in [1.54, 1.807) is 4.90 Å². The Morgan fingerprint density at radius 2 is 1.82 bits per heavy atom. The third-order valence-corrected chi connectivity index (χ3v) is 9.51. The van der Waals surface area contributed by atoms with Crippen LogP contribution in [0.15, 0.2) is 24.3 Å². The summed E-state index contributed by atoms with van der Waals surface area (Å²) >= 11 is 0. The topological polar surface area (TPSA) is 94.2 Å². The highest BCUT2D eigenvalue weighted by molar-refractivity contribution is 7.90. The summed E-state index contributed by atoms with van der Waals surface area (Å²) in [6, 6.07) is 7.29. The van der Waals surface area contributed by atoms with E-state index in [0.29, 0.717) is 38.5 Å². The van der Waals surface area contributed by atoms with Gasteiger partial charge in [-0.3, -0.25) is 4.79 Å². The first-order valence-corrected chi connectivity index (χ1v) is 13.8. The van der Waals surface area contributed by atoms with E-state index in [4.69, 9.17) is 14.2 Å². The number of rotatable bonds is 3. The second-order valence-electron chi connectivity index (χ2n) is 9.69. The molecule has 8 nitrogen and oxygen atoms in total. The lowest BCUT2D eigenvalue weighted by molar-refractivity contribution is -0.140. The number of fused-ring (bicyclic) bond motifs is 5. The molecule has 2 saturated heterocycles. The second kappa shape index (κ2) is 9.90. The van der Waals surface area contributed by atoms with Gasteiger partial charge >= 0.3 is 0 Å². The maximum atomic E-state index is 13.3. The predicted molar refractivity (Wildman–Crippen MR) is 123 cm³/mol. The quantitative estimate of drug-likeness (QED) is 0.716. The molecular formula is C24H34N2O6S. The van der Waals surface area contributed by atoms with E-state index in [1.165, 1.54) is 5.56 Å². The minimum Gasteiger partial charge on any atom is -0.483 e. The number of nitrogens with zero attached hydrogens (tertiary/aromatic N) is 1. The van der Waals surface area contributed by atoms with Crippen LogP contribution >= 0.6 is 0 Å². The Bertz CT molecular complexity index is 940. The van der Waals surface area contributed by atoms with Crippen LogP contribution in [0.3, 0.4) is 0 Å². The van der Waals surface area contributed by atoms with Gasteiger partial charge in [-0.05, 0) is 62.5 Å². The first-order valence-electron chi connectivity index (χ1n) is 12.2. The number of carbonyl (C=O) groups excluding carboxylic acids is 1. The van der Waals surface area contributed by atoms with Crippen molar-refractivity contribution in [2.45, 2.75) is 74.3 Å². The van der Waals surface area contributed by atoms with Crippen molar-refractivity contribution in [1.29, 1.82) is 0 Å². The number of benzene rings is 1. The third kappa shape index (κ3) is 5.06. The highest BCUT2D eigenvalue weighted by Crippen LogP contribution is 2.39. The third-order valence-electron chi connectivity index (χ3n) is 7.63. The predicted octanol–water partition coefficient (Wildman–Crippen LogP) is 2.19. The molecule has 0 aromatic heterocycles. The van der Waals surface area contributed by atoms with E-state index in [0.717, 1.165) is 37.9 Å². The Kier molecular flexibility index (Phi) is 6.92. The number of ether oxygens (including phenoxy) is 3. The number of hydrogen-bond donors (Lipinski definition) is 1. The number of para-hydroxylation sites is 1. The Morgan fingerprint density at radius 1 is 1.00 bits per heavy atom. The molecule has 1 saturated carbocycles. The molecule has 182 valence electrons. The minimum absolute atomic E-state index is 0.0560. The highest BCUT2D eigenvalue weighted by atomic mass is 32.2. The fraction of sp³-hybridized carbons (Fsp3) is 0.708. The molecule has 1 aliphatic carbocycles. The van der Waals surface area contributed by atoms with Crippen molar-refractivity contribution >= 4 is 15.9 Å². The normalized spacial score (nSPS) is 33.3. The van der Waals surface area contributed by atoms with Gasteiger partial charge in [0.2, 0.25) is 10.0 Å². The molecule has 1 N–H and O–H groups in total. The van der Waals surface area contributed by atoms with Gasteiger partial charge in [0.25, 0.3) is 5.91 Å². The molecule has 5 aliphatic rings. The van der Waals surface area contributed by atoms with Crippen LogP contribution in [0, 0.1) is 0 Å². The van der Waals surface area contributed by atoms with Crippen LogP contribution in [0.25, 0.3) is 0 Å². The van der Waals surface area contributed by atoms with Crippen molar-refractivity contribution in [3.63, 3.8) is 0 Å². The van der Waals surface area contributed by atoms with Gasteiger partial charge in [0, 0.05) is 19.2 Å². The molecule has 9 heteroatoms. The van der Waals surface area contributed by atoms with Crippen molar-refractivity contribution in [2.24, 2.45) is 0 Å². The smallest absolute Gasteiger partial charge is 0.260 e. The molecule has 0 spiro atoms. The van der Waals surface area contributed by atoms with Crippen LogP contribution in [-0.2, 0) is 24.3 Å². The summed E-state index contributed by atoms with van der Waals surface area (Å²) in [4.78, 5) is 15.0. The van der Waals surface area contributed by atoms with E-state index in [1.807, 2.05) is 18.2 Å². The minimum atomic E-state index is -3.53. The summed E-state index contributed by atoms with van der Waals surface area (Å²) in [6.07, 6.45) is 6.00. The summed E-state index contributed by atoms with van der Waals surface area (Å²) in [5, 5.41) is -0.533. The van der Waals surface area contributed by atoms with E-state index in [9.17, 15) is 13.2 Å². The van der Waals surface area contributed by atoms with Crippen molar-refractivity contribution in [2.75, 3.05) is 33.0 Å². The van der Waals surface area contributed by atoms with Crippen molar-refractivity contribution < 1.29 is 27.4 Å². The van der Waals surface area contributed by atoms with Gasteiger partial charge in [-0.25, -0.2) is 13.1 Å². The lowest BCUT2D eigenvalue weighted by atomic mass is 9.82. The van der Waals surface area contributed by atoms with Gasteiger partial charge in [0.15, 0.2) is 6.61 Å². The Morgan fingerprint density at radius 3 is 2.61 bits per heavy atom. The lowest BCUT2D eigenvalue weighted by Gasteiger charge is -2.42. The molecule has 33 heavy (non-hydrogen) atoms. The van der Waals surface area contributed by atoms with Crippen LogP contribution in [0.5, 0.6) is 5.75 Å². The molecular weight excluding hydrogens is 444 g/mol. The zero-order chi connectivity index (χ0) is 22.8. The van der Waals surface area contributed by atoms with E-state index < -0.39 is 15.3 Å². The number of amides is 1. The first-order chi connectivity index (χ1) is 16.0. The highest BCUT2D eigenvalue weighted by Gasteiger charge is 2.40. The fourth-order valence-corrected chi connectivity index (χ4v) is 7.29. The largest absolute Gasteiger partial charge is 0.483 e. The van der Waals surface area contributed by atoms with Crippen LogP contribution in [0.4, 0.5) is 0 Å². The molecule has 4 aliphatic heterocycles. The summed E-state index contributed by atoms with van der Waals surface area (Å²) in [5.41, 5.74) is 1.17. The van der Waals surface area contributed by atoms with Gasteiger partial charge in [-0.2, -0.15) is 0 Å². The summed E-state index contributed by atoms with van der Waals surface area (Å²) in [7, 11) is -3.53. The molecule has 1 aromatic carbocycles.